The van der Waals surface area contributed by atoms with Crippen LogP contribution in [0.5, 0.6) is 11.5 Å². The fourth-order valence-corrected chi connectivity index (χ4v) is 4.91. The Bertz CT molecular complexity index is 1160. The SMILES string of the molecule is CC(C)C(NC(=O)C1CCOC1)c1nnc2n1CCN(Cc1cccc(Oc3ccccc3)c1)CC2. The van der Waals surface area contributed by atoms with E-state index in [0.29, 0.717) is 13.2 Å². The summed E-state index contributed by atoms with van der Waals surface area (Å²) in [6, 6.07) is 18.0. The maximum atomic E-state index is 12.8. The average Bonchev–Trinajstić information content (AvgIpc) is 3.51. The average molecular weight is 490 g/mol. The van der Waals surface area contributed by atoms with Crippen molar-refractivity contribution < 1.29 is 14.3 Å². The zero-order valence-electron chi connectivity index (χ0n) is 21.1. The molecule has 0 saturated carbocycles. The molecular weight excluding hydrogens is 454 g/mol. The van der Waals surface area contributed by atoms with Crippen molar-refractivity contribution >= 4 is 5.91 Å². The Labute approximate surface area is 212 Å². The second-order valence-corrected chi connectivity index (χ2v) is 10.0. The molecule has 8 nitrogen and oxygen atoms in total. The largest absolute Gasteiger partial charge is 0.457 e. The molecule has 3 heterocycles. The summed E-state index contributed by atoms with van der Waals surface area (Å²) >= 11 is 0. The lowest BCUT2D eigenvalue weighted by molar-refractivity contribution is -0.126. The maximum absolute atomic E-state index is 12.8. The number of benzene rings is 2. The van der Waals surface area contributed by atoms with E-state index in [2.05, 4.69) is 51.0 Å². The van der Waals surface area contributed by atoms with Gasteiger partial charge in [0.05, 0.1) is 18.6 Å². The molecule has 1 aromatic heterocycles. The van der Waals surface area contributed by atoms with Crippen LogP contribution < -0.4 is 10.1 Å². The van der Waals surface area contributed by atoms with Crippen molar-refractivity contribution in [2.24, 2.45) is 11.8 Å². The van der Waals surface area contributed by atoms with Crippen LogP contribution in [-0.2, 0) is 29.0 Å². The van der Waals surface area contributed by atoms with Crippen molar-refractivity contribution in [2.75, 3.05) is 26.3 Å². The number of hydrogen-bond donors (Lipinski definition) is 1. The van der Waals surface area contributed by atoms with Gasteiger partial charge in [-0.3, -0.25) is 9.69 Å². The second kappa shape index (κ2) is 11.2. The summed E-state index contributed by atoms with van der Waals surface area (Å²) in [5.41, 5.74) is 1.22. The summed E-state index contributed by atoms with van der Waals surface area (Å²) < 4.78 is 13.6. The number of rotatable bonds is 8. The van der Waals surface area contributed by atoms with Crippen LogP contribution in [0.2, 0.25) is 0 Å². The van der Waals surface area contributed by atoms with Crippen LogP contribution in [-0.4, -0.2) is 51.9 Å². The number of nitrogens with zero attached hydrogens (tertiary/aromatic N) is 4. The normalized spacial score (nSPS) is 19.0. The highest BCUT2D eigenvalue weighted by Gasteiger charge is 2.31. The fraction of sp³-hybridized carbons (Fsp3) is 0.464. The molecule has 36 heavy (non-hydrogen) atoms. The number of amides is 1. The van der Waals surface area contributed by atoms with Gasteiger partial charge in [0.2, 0.25) is 5.91 Å². The highest BCUT2D eigenvalue weighted by molar-refractivity contribution is 5.79. The topological polar surface area (TPSA) is 81.5 Å². The molecule has 0 aliphatic carbocycles. The zero-order chi connectivity index (χ0) is 24.9. The minimum Gasteiger partial charge on any atom is -0.457 e. The molecule has 2 aliphatic heterocycles. The van der Waals surface area contributed by atoms with E-state index >= 15 is 0 Å². The van der Waals surface area contributed by atoms with Gasteiger partial charge in [0, 0.05) is 39.2 Å². The van der Waals surface area contributed by atoms with Gasteiger partial charge in [-0.2, -0.15) is 0 Å². The van der Waals surface area contributed by atoms with Gasteiger partial charge in [-0.25, -0.2) is 0 Å². The maximum Gasteiger partial charge on any atom is 0.226 e. The zero-order valence-corrected chi connectivity index (χ0v) is 21.1. The number of fused-ring (bicyclic) bond motifs is 1. The molecule has 2 aliphatic rings. The van der Waals surface area contributed by atoms with E-state index in [0.717, 1.165) is 62.2 Å². The van der Waals surface area contributed by atoms with Crippen molar-refractivity contribution in [3.8, 4) is 11.5 Å². The first-order chi connectivity index (χ1) is 17.6. The number of aromatic nitrogens is 3. The molecule has 2 aromatic carbocycles. The van der Waals surface area contributed by atoms with Crippen LogP contribution in [0.4, 0.5) is 0 Å². The summed E-state index contributed by atoms with van der Waals surface area (Å²) in [5, 5.41) is 12.3. The van der Waals surface area contributed by atoms with Gasteiger partial charge in [0.15, 0.2) is 5.82 Å². The van der Waals surface area contributed by atoms with Gasteiger partial charge < -0.3 is 19.4 Å². The molecular formula is C28H35N5O3. The Morgan fingerprint density at radius 3 is 2.69 bits per heavy atom. The molecule has 190 valence electrons. The monoisotopic (exact) mass is 489 g/mol. The van der Waals surface area contributed by atoms with E-state index < -0.39 is 0 Å². The van der Waals surface area contributed by atoms with Crippen molar-refractivity contribution in [1.29, 1.82) is 0 Å². The number of hydrogen-bond acceptors (Lipinski definition) is 6. The molecule has 5 rings (SSSR count). The van der Waals surface area contributed by atoms with E-state index in [-0.39, 0.29) is 23.8 Å². The number of carbonyl (C=O) groups excluding carboxylic acids is 1. The van der Waals surface area contributed by atoms with Gasteiger partial charge in [-0.05, 0) is 42.2 Å². The van der Waals surface area contributed by atoms with Crippen molar-refractivity contribution in [1.82, 2.24) is 25.0 Å². The highest BCUT2D eigenvalue weighted by Crippen LogP contribution is 2.26. The predicted octanol–water partition coefficient (Wildman–Crippen LogP) is 3.98. The summed E-state index contributed by atoms with van der Waals surface area (Å²) in [6.45, 7) is 8.81. The number of para-hydroxylation sites is 1. The van der Waals surface area contributed by atoms with Crippen molar-refractivity contribution in [2.45, 2.75) is 45.8 Å². The standard InChI is InChI=1S/C28H35N5O3/c1-20(2)26(29-28(34)22-12-16-35-19-22)27-31-30-25-11-13-32(14-15-33(25)27)18-21-7-6-10-24(17-21)36-23-8-4-3-5-9-23/h3-10,17,20,22,26H,11-16,18-19H2,1-2H3,(H,29,34). The van der Waals surface area contributed by atoms with Gasteiger partial charge in [-0.15, -0.1) is 10.2 Å². The molecule has 2 atom stereocenters. The first-order valence-corrected chi connectivity index (χ1v) is 12.9. The third-order valence-electron chi connectivity index (χ3n) is 6.97. The number of ether oxygens (including phenoxy) is 2. The molecule has 1 fully saturated rings. The number of carbonyl (C=O) groups is 1. The predicted molar refractivity (Wildman–Crippen MR) is 137 cm³/mol. The molecule has 1 N–H and O–H groups in total. The van der Waals surface area contributed by atoms with Gasteiger partial charge in [-0.1, -0.05) is 44.2 Å². The lowest BCUT2D eigenvalue weighted by atomic mass is 10.0. The van der Waals surface area contributed by atoms with E-state index in [1.54, 1.807) is 0 Å². The third kappa shape index (κ3) is 5.77. The van der Waals surface area contributed by atoms with Crippen LogP contribution in [0, 0.1) is 11.8 Å². The van der Waals surface area contributed by atoms with Crippen LogP contribution in [0.15, 0.2) is 54.6 Å². The highest BCUT2D eigenvalue weighted by atomic mass is 16.5. The lowest BCUT2D eigenvalue weighted by Gasteiger charge is -2.24. The van der Waals surface area contributed by atoms with Crippen LogP contribution in [0.3, 0.4) is 0 Å². The quantitative estimate of drug-likeness (QED) is 0.516. The first kappa shape index (κ1) is 24.5. The third-order valence-corrected chi connectivity index (χ3v) is 6.97. The van der Waals surface area contributed by atoms with Crippen molar-refractivity contribution in [3.63, 3.8) is 0 Å². The molecule has 0 spiro atoms. The Morgan fingerprint density at radius 1 is 1.08 bits per heavy atom. The van der Waals surface area contributed by atoms with Gasteiger partial charge in [0.1, 0.15) is 17.3 Å². The second-order valence-electron chi connectivity index (χ2n) is 10.0. The molecule has 8 heteroatoms. The molecule has 2 unspecified atom stereocenters. The molecule has 1 saturated heterocycles. The van der Waals surface area contributed by atoms with E-state index in [1.807, 2.05) is 42.5 Å². The van der Waals surface area contributed by atoms with Crippen LogP contribution >= 0.6 is 0 Å². The smallest absolute Gasteiger partial charge is 0.226 e. The first-order valence-electron chi connectivity index (χ1n) is 12.9. The minimum atomic E-state index is -0.169. The Hall–Kier alpha value is -3.23. The van der Waals surface area contributed by atoms with Crippen LogP contribution in [0.1, 0.15) is 43.5 Å². The van der Waals surface area contributed by atoms with Gasteiger partial charge in [0.25, 0.3) is 0 Å². The summed E-state index contributed by atoms with van der Waals surface area (Å²) in [6.07, 6.45) is 1.60. The number of nitrogens with one attached hydrogen (secondary N) is 1. The summed E-state index contributed by atoms with van der Waals surface area (Å²) in [5.74, 6) is 3.70. The summed E-state index contributed by atoms with van der Waals surface area (Å²) in [4.78, 5) is 15.3. The van der Waals surface area contributed by atoms with E-state index in [9.17, 15) is 4.79 Å². The fourth-order valence-electron chi connectivity index (χ4n) is 4.91. The summed E-state index contributed by atoms with van der Waals surface area (Å²) in [7, 11) is 0. The molecule has 0 radical (unpaired) electrons. The molecule has 1 amide bonds. The van der Waals surface area contributed by atoms with E-state index in [1.165, 1.54) is 5.56 Å². The Morgan fingerprint density at radius 2 is 1.92 bits per heavy atom. The Balaban J connectivity index is 1.24. The van der Waals surface area contributed by atoms with E-state index in [4.69, 9.17) is 9.47 Å². The Kier molecular flexibility index (Phi) is 7.63. The van der Waals surface area contributed by atoms with Crippen LogP contribution in [0.25, 0.3) is 0 Å². The minimum absolute atomic E-state index is 0.0522. The lowest BCUT2D eigenvalue weighted by Crippen LogP contribution is -2.38. The molecule has 0 bridgehead atoms. The van der Waals surface area contributed by atoms with Crippen molar-refractivity contribution in [3.05, 3.63) is 71.8 Å². The van der Waals surface area contributed by atoms with Gasteiger partial charge >= 0.3 is 0 Å². The molecule has 3 aromatic rings.